The van der Waals surface area contributed by atoms with Crippen LogP contribution in [0.2, 0.25) is 0 Å². The SMILES string of the molecule is C1=Cc2cc3ccc(cc4ccc(cc5nc(cc1n2)C=C5)[nH]4)[nH]3.[Mo]. The van der Waals surface area contributed by atoms with E-state index in [2.05, 4.69) is 50.3 Å². The third kappa shape index (κ3) is 3.26. The molecule has 2 aliphatic heterocycles. The molecule has 0 atom stereocenters. The number of fused-ring (bicyclic) bond motifs is 8. The predicted octanol–water partition coefficient (Wildman–Crippen LogP) is 4.65. The van der Waals surface area contributed by atoms with E-state index < -0.39 is 0 Å². The summed E-state index contributed by atoms with van der Waals surface area (Å²) in [7, 11) is 0. The van der Waals surface area contributed by atoms with E-state index in [4.69, 9.17) is 0 Å². The molecule has 120 valence electrons. The molecule has 0 amide bonds. The Morgan fingerprint density at radius 2 is 0.840 bits per heavy atom. The molecule has 0 saturated carbocycles. The minimum atomic E-state index is 0. The van der Waals surface area contributed by atoms with Gasteiger partial charge in [-0.25, -0.2) is 9.97 Å². The van der Waals surface area contributed by atoms with Crippen LogP contribution in [0.1, 0.15) is 22.8 Å². The van der Waals surface area contributed by atoms with Gasteiger partial charge in [0.1, 0.15) is 0 Å². The molecule has 0 radical (unpaired) electrons. The second kappa shape index (κ2) is 6.30. The maximum absolute atomic E-state index is 4.62. The van der Waals surface area contributed by atoms with Gasteiger partial charge in [-0.05, 0) is 72.8 Å². The first-order valence-electron chi connectivity index (χ1n) is 7.85. The van der Waals surface area contributed by atoms with Gasteiger partial charge in [0.2, 0.25) is 0 Å². The van der Waals surface area contributed by atoms with Gasteiger partial charge < -0.3 is 9.97 Å². The molecule has 0 spiro atoms. The van der Waals surface area contributed by atoms with Gasteiger partial charge >= 0.3 is 0 Å². The molecule has 5 heterocycles. The van der Waals surface area contributed by atoms with E-state index in [1.54, 1.807) is 0 Å². The van der Waals surface area contributed by atoms with E-state index in [9.17, 15) is 0 Å². The predicted molar refractivity (Wildman–Crippen MR) is 98.9 cm³/mol. The van der Waals surface area contributed by atoms with Crippen LogP contribution < -0.4 is 0 Å². The smallest absolute Gasteiger partial charge is 0.0659 e. The van der Waals surface area contributed by atoms with Crippen molar-refractivity contribution in [2.75, 3.05) is 0 Å². The molecule has 0 aromatic carbocycles. The molecule has 5 rings (SSSR count). The Labute approximate surface area is 158 Å². The van der Waals surface area contributed by atoms with Crippen LogP contribution in [-0.2, 0) is 21.1 Å². The number of aromatic nitrogens is 4. The summed E-state index contributed by atoms with van der Waals surface area (Å²) >= 11 is 0. The number of rotatable bonds is 0. The summed E-state index contributed by atoms with van der Waals surface area (Å²) in [6, 6.07) is 16.4. The van der Waals surface area contributed by atoms with Crippen molar-refractivity contribution in [2.24, 2.45) is 0 Å². The third-order valence-electron chi connectivity index (χ3n) is 4.04. The second-order valence-electron chi connectivity index (χ2n) is 5.91. The van der Waals surface area contributed by atoms with E-state index in [1.165, 1.54) is 0 Å². The van der Waals surface area contributed by atoms with E-state index >= 15 is 0 Å². The Morgan fingerprint density at radius 3 is 1.28 bits per heavy atom. The largest absolute Gasteiger partial charge is 0.355 e. The van der Waals surface area contributed by atoms with E-state index in [-0.39, 0.29) is 21.1 Å². The van der Waals surface area contributed by atoms with Crippen molar-refractivity contribution in [2.45, 2.75) is 0 Å². The van der Waals surface area contributed by atoms with Crippen LogP contribution >= 0.6 is 0 Å². The quantitative estimate of drug-likeness (QED) is 0.368. The molecule has 2 N–H and O–H groups in total. The molecule has 8 bridgehead atoms. The van der Waals surface area contributed by atoms with E-state index in [1.807, 2.05) is 42.5 Å². The van der Waals surface area contributed by atoms with Crippen LogP contribution in [0.4, 0.5) is 0 Å². The molecular formula is C20H14MoN4. The summed E-state index contributed by atoms with van der Waals surface area (Å²) in [6.07, 6.45) is 8.05. The number of hydrogen-bond acceptors (Lipinski definition) is 2. The zero-order chi connectivity index (χ0) is 15.9. The van der Waals surface area contributed by atoms with Gasteiger partial charge in [-0.1, -0.05) is 0 Å². The molecule has 0 saturated heterocycles. The molecule has 0 fully saturated rings. The fraction of sp³-hybridized carbons (Fsp3) is 0. The minimum absolute atomic E-state index is 0. The van der Waals surface area contributed by atoms with Crippen molar-refractivity contribution in [3.8, 4) is 0 Å². The average Bonchev–Trinajstić information content (AvgIpc) is 3.32. The second-order valence-corrected chi connectivity index (χ2v) is 5.91. The van der Waals surface area contributed by atoms with E-state index in [0.29, 0.717) is 0 Å². The zero-order valence-corrected chi connectivity index (χ0v) is 15.2. The van der Waals surface area contributed by atoms with Gasteiger partial charge in [0.05, 0.1) is 22.8 Å². The van der Waals surface area contributed by atoms with Gasteiger partial charge in [0.25, 0.3) is 0 Å². The first kappa shape index (κ1) is 15.8. The summed E-state index contributed by atoms with van der Waals surface area (Å²) in [4.78, 5) is 16.0. The molecule has 0 aliphatic carbocycles. The fourth-order valence-corrected chi connectivity index (χ4v) is 2.94. The van der Waals surface area contributed by atoms with Crippen LogP contribution in [0.5, 0.6) is 0 Å². The minimum Gasteiger partial charge on any atom is -0.355 e. The van der Waals surface area contributed by atoms with Crippen molar-refractivity contribution >= 4 is 46.4 Å². The average molecular weight is 406 g/mol. The fourth-order valence-electron chi connectivity index (χ4n) is 2.94. The van der Waals surface area contributed by atoms with Crippen LogP contribution in [-0.4, -0.2) is 19.9 Å². The number of H-pyrrole nitrogens is 2. The van der Waals surface area contributed by atoms with Crippen molar-refractivity contribution < 1.29 is 21.1 Å². The van der Waals surface area contributed by atoms with Gasteiger partial charge in [-0.15, -0.1) is 0 Å². The Balaban J connectivity index is 0.00000157. The molecule has 3 aromatic heterocycles. The Morgan fingerprint density at radius 1 is 0.480 bits per heavy atom. The van der Waals surface area contributed by atoms with Gasteiger partial charge in [0.15, 0.2) is 0 Å². The monoisotopic (exact) mass is 408 g/mol. The molecule has 4 nitrogen and oxygen atoms in total. The first-order chi connectivity index (χ1) is 11.8. The van der Waals surface area contributed by atoms with E-state index in [0.717, 1.165) is 44.8 Å². The molecule has 3 aromatic rings. The van der Waals surface area contributed by atoms with Crippen LogP contribution in [0.15, 0.2) is 48.5 Å². The Kier molecular flexibility index (Phi) is 3.98. The number of aromatic amines is 2. The van der Waals surface area contributed by atoms with Crippen molar-refractivity contribution in [1.82, 2.24) is 19.9 Å². The topological polar surface area (TPSA) is 57.4 Å². The summed E-state index contributed by atoms with van der Waals surface area (Å²) in [5.74, 6) is 0. The Hall–Kier alpha value is -2.71. The van der Waals surface area contributed by atoms with Crippen molar-refractivity contribution in [3.05, 3.63) is 71.3 Å². The molecule has 0 unspecified atom stereocenters. The van der Waals surface area contributed by atoms with Crippen molar-refractivity contribution in [1.29, 1.82) is 0 Å². The number of hydrogen-bond donors (Lipinski definition) is 2. The molecular weight excluding hydrogens is 392 g/mol. The van der Waals surface area contributed by atoms with Gasteiger partial charge in [0, 0.05) is 43.1 Å². The standard InChI is InChI=1S/C20H14N4.Mo/c1-2-14-10-16-5-6-18(23-16)12-20-8-7-19(24-20)11-17-4-3-15(22-17)9-13(1)21-14;/h1-12,21-22H;. The molecule has 5 heteroatoms. The Bertz CT molecular complexity index is 1080. The van der Waals surface area contributed by atoms with Gasteiger partial charge in [-0.3, -0.25) is 0 Å². The van der Waals surface area contributed by atoms with Gasteiger partial charge in [-0.2, -0.15) is 0 Å². The van der Waals surface area contributed by atoms with Crippen LogP contribution in [0.25, 0.3) is 46.4 Å². The summed E-state index contributed by atoms with van der Waals surface area (Å²) in [5, 5.41) is 0. The normalized spacial score (nSPS) is 12.2. The first-order valence-corrected chi connectivity index (χ1v) is 7.85. The van der Waals surface area contributed by atoms with Crippen molar-refractivity contribution in [3.63, 3.8) is 0 Å². The van der Waals surface area contributed by atoms with Crippen LogP contribution in [0.3, 0.4) is 0 Å². The number of nitrogens with one attached hydrogen (secondary N) is 2. The van der Waals surface area contributed by atoms with Crippen LogP contribution in [0, 0.1) is 0 Å². The summed E-state index contributed by atoms with van der Waals surface area (Å²) in [5.41, 5.74) is 7.86. The maximum atomic E-state index is 4.62. The summed E-state index contributed by atoms with van der Waals surface area (Å²) < 4.78 is 0. The molecule has 2 aliphatic rings. The zero-order valence-electron chi connectivity index (χ0n) is 13.2. The number of nitrogens with zero attached hydrogens (tertiary/aromatic N) is 2. The molecule has 25 heavy (non-hydrogen) atoms. The maximum Gasteiger partial charge on any atom is 0.0659 e. The third-order valence-corrected chi connectivity index (χ3v) is 4.04. The summed E-state index contributed by atoms with van der Waals surface area (Å²) in [6.45, 7) is 0.